The van der Waals surface area contributed by atoms with Crippen molar-refractivity contribution in [1.29, 1.82) is 0 Å². The van der Waals surface area contributed by atoms with Crippen molar-refractivity contribution in [3.05, 3.63) is 34.6 Å². The van der Waals surface area contributed by atoms with Gasteiger partial charge in [-0.1, -0.05) is 19.8 Å². The van der Waals surface area contributed by atoms with Crippen LogP contribution in [0.4, 0.5) is 22.7 Å². The number of amides is 1. The van der Waals surface area contributed by atoms with Crippen molar-refractivity contribution >= 4 is 40.0 Å². The molecule has 10 heteroatoms. The minimum Gasteiger partial charge on any atom is -0.329 e. The molecule has 0 spiro atoms. The van der Waals surface area contributed by atoms with Crippen LogP contribution in [0, 0.1) is 0 Å². The molecular formula is C24H30N8OS. The van der Waals surface area contributed by atoms with Crippen LogP contribution in [0.1, 0.15) is 80.7 Å². The fourth-order valence-electron chi connectivity index (χ4n) is 5.59. The monoisotopic (exact) mass is 478 g/mol. The van der Waals surface area contributed by atoms with Crippen LogP contribution in [0.3, 0.4) is 0 Å². The normalized spacial score (nSPS) is 22.3. The van der Waals surface area contributed by atoms with E-state index in [0.717, 1.165) is 49.6 Å². The van der Waals surface area contributed by atoms with E-state index in [1.165, 1.54) is 48.3 Å². The molecule has 178 valence electrons. The quantitative estimate of drug-likeness (QED) is 0.470. The Morgan fingerprint density at radius 3 is 2.88 bits per heavy atom. The van der Waals surface area contributed by atoms with Crippen molar-refractivity contribution in [1.82, 2.24) is 25.1 Å². The van der Waals surface area contributed by atoms with Crippen LogP contribution in [-0.4, -0.2) is 43.6 Å². The van der Waals surface area contributed by atoms with Gasteiger partial charge in [-0.25, -0.2) is 9.97 Å². The van der Waals surface area contributed by atoms with Gasteiger partial charge in [-0.3, -0.25) is 9.89 Å². The highest BCUT2D eigenvalue weighted by atomic mass is 32.1. The van der Waals surface area contributed by atoms with Gasteiger partial charge in [-0.05, 0) is 44.4 Å². The Morgan fingerprint density at radius 2 is 2.06 bits per heavy atom. The van der Waals surface area contributed by atoms with E-state index >= 15 is 0 Å². The van der Waals surface area contributed by atoms with E-state index in [0.29, 0.717) is 22.9 Å². The second-order valence-corrected chi connectivity index (χ2v) is 10.6. The van der Waals surface area contributed by atoms with Crippen LogP contribution in [0.2, 0.25) is 0 Å². The van der Waals surface area contributed by atoms with E-state index in [9.17, 15) is 4.79 Å². The van der Waals surface area contributed by atoms with Gasteiger partial charge in [0, 0.05) is 41.4 Å². The van der Waals surface area contributed by atoms with Gasteiger partial charge in [-0.2, -0.15) is 10.1 Å². The predicted molar refractivity (Wildman–Crippen MR) is 133 cm³/mol. The fourth-order valence-corrected chi connectivity index (χ4v) is 6.12. The molecule has 0 bridgehead atoms. The van der Waals surface area contributed by atoms with E-state index < -0.39 is 0 Å². The molecule has 2 atom stereocenters. The number of aromatic nitrogens is 5. The number of nitrogens with zero attached hydrogens (tertiary/aromatic N) is 5. The third kappa shape index (κ3) is 4.04. The van der Waals surface area contributed by atoms with E-state index in [4.69, 9.17) is 9.97 Å². The van der Waals surface area contributed by atoms with Crippen LogP contribution in [0.25, 0.3) is 0 Å². The Bertz CT molecular complexity index is 1170. The van der Waals surface area contributed by atoms with Crippen molar-refractivity contribution in [2.75, 3.05) is 22.1 Å². The summed E-state index contributed by atoms with van der Waals surface area (Å²) in [5.41, 5.74) is 3.47. The number of anilines is 4. The van der Waals surface area contributed by atoms with E-state index in [2.05, 4.69) is 38.8 Å². The molecular weight excluding hydrogens is 448 g/mol. The van der Waals surface area contributed by atoms with Crippen LogP contribution in [-0.2, 0) is 11.2 Å². The zero-order chi connectivity index (χ0) is 23.1. The Labute approximate surface area is 202 Å². The molecule has 9 nitrogen and oxygen atoms in total. The van der Waals surface area contributed by atoms with Crippen molar-refractivity contribution in [3.8, 4) is 0 Å². The number of nitrogens with one attached hydrogen (secondary N) is 3. The van der Waals surface area contributed by atoms with Gasteiger partial charge < -0.3 is 15.5 Å². The van der Waals surface area contributed by atoms with Gasteiger partial charge in [0.15, 0.2) is 10.9 Å². The van der Waals surface area contributed by atoms with E-state index in [1.807, 2.05) is 10.3 Å². The Hall–Kier alpha value is -3.01. The summed E-state index contributed by atoms with van der Waals surface area (Å²) < 4.78 is 0. The zero-order valence-electron chi connectivity index (χ0n) is 19.4. The SMILES string of the molecule is C[C@H]1CCc2c(Nc3cc(C4CCCC4)[nH]n3)nc(N3CCC[C@@H]3C(=O)Nc3nccs3)nc21. The molecule has 0 aromatic carbocycles. The maximum atomic E-state index is 13.0. The van der Waals surface area contributed by atoms with Crippen molar-refractivity contribution in [3.63, 3.8) is 0 Å². The summed E-state index contributed by atoms with van der Waals surface area (Å²) in [6.07, 6.45) is 10.5. The Kier molecular flexibility index (Phi) is 5.68. The molecule has 3 aromatic rings. The van der Waals surface area contributed by atoms with Gasteiger partial charge in [0.25, 0.3) is 0 Å². The summed E-state index contributed by atoms with van der Waals surface area (Å²) in [4.78, 5) is 29.2. The number of fused-ring (bicyclic) bond motifs is 1. The first kappa shape index (κ1) is 21.5. The van der Waals surface area contributed by atoms with Crippen LogP contribution < -0.4 is 15.5 Å². The largest absolute Gasteiger partial charge is 0.329 e. The van der Waals surface area contributed by atoms with Crippen LogP contribution in [0.5, 0.6) is 0 Å². The lowest BCUT2D eigenvalue weighted by molar-refractivity contribution is -0.117. The number of carbonyl (C=O) groups excluding carboxylic acids is 1. The number of thiazole rings is 1. The van der Waals surface area contributed by atoms with E-state index in [1.54, 1.807) is 6.20 Å². The van der Waals surface area contributed by atoms with Gasteiger partial charge >= 0.3 is 0 Å². The summed E-state index contributed by atoms with van der Waals surface area (Å²) in [7, 11) is 0. The highest BCUT2D eigenvalue weighted by Crippen LogP contribution is 2.39. The van der Waals surface area contributed by atoms with Crippen molar-refractivity contribution in [2.24, 2.45) is 0 Å². The van der Waals surface area contributed by atoms with E-state index in [-0.39, 0.29) is 11.9 Å². The highest BCUT2D eigenvalue weighted by molar-refractivity contribution is 7.13. The summed E-state index contributed by atoms with van der Waals surface area (Å²) in [6, 6.07) is 1.83. The summed E-state index contributed by atoms with van der Waals surface area (Å²) in [6.45, 7) is 2.98. The minimum atomic E-state index is -0.300. The second kappa shape index (κ2) is 8.98. The molecule has 1 aliphatic heterocycles. The lowest BCUT2D eigenvalue weighted by Gasteiger charge is -2.25. The summed E-state index contributed by atoms with van der Waals surface area (Å²) >= 11 is 1.43. The lowest BCUT2D eigenvalue weighted by atomic mass is 10.0. The molecule has 34 heavy (non-hydrogen) atoms. The molecule has 0 unspecified atom stereocenters. The Morgan fingerprint density at radius 1 is 1.18 bits per heavy atom. The average Bonchev–Trinajstić information content (AvgIpc) is 3.65. The van der Waals surface area contributed by atoms with Crippen LogP contribution in [0.15, 0.2) is 17.6 Å². The molecule has 3 aromatic heterocycles. The van der Waals surface area contributed by atoms with Gasteiger partial charge in [0.1, 0.15) is 11.9 Å². The first-order chi connectivity index (χ1) is 16.7. The highest BCUT2D eigenvalue weighted by Gasteiger charge is 2.35. The fraction of sp³-hybridized carbons (Fsp3) is 0.542. The summed E-state index contributed by atoms with van der Waals surface area (Å²) in [5.74, 6) is 3.14. The zero-order valence-corrected chi connectivity index (χ0v) is 20.2. The molecule has 0 radical (unpaired) electrons. The second-order valence-electron chi connectivity index (χ2n) is 9.67. The first-order valence-corrected chi connectivity index (χ1v) is 13.2. The maximum Gasteiger partial charge on any atom is 0.248 e. The Balaban J connectivity index is 1.28. The molecule has 2 aliphatic carbocycles. The topological polar surface area (TPSA) is 112 Å². The predicted octanol–water partition coefficient (Wildman–Crippen LogP) is 4.71. The first-order valence-electron chi connectivity index (χ1n) is 12.4. The molecule has 1 amide bonds. The van der Waals surface area contributed by atoms with Crippen LogP contribution >= 0.6 is 11.3 Å². The number of carbonyl (C=O) groups is 1. The summed E-state index contributed by atoms with van der Waals surface area (Å²) in [5, 5.41) is 16.7. The van der Waals surface area contributed by atoms with Gasteiger partial charge in [0.2, 0.25) is 11.9 Å². The third-order valence-electron chi connectivity index (χ3n) is 7.44. The minimum absolute atomic E-state index is 0.0485. The number of hydrogen-bond donors (Lipinski definition) is 3. The standard InChI is InChI=1S/C24H30N8OS/c1-14-8-9-16-20(14)27-23(32-11-4-7-18(32)22(33)29-24-25-10-12-34-24)28-21(16)26-19-13-17(30-31-19)15-5-2-3-6-15/h10,12-15,18H,2-9,11H2,1H3,(H,25,29,33)(H2,26,27,28,30,31)/t14-,18+/m0/s1. The number of hydrogen-bond acceptors (Lipinski definition) is 8. The number of aromatic amines is 1. The van der Waals surface area contributed by atoms with Gasteiger partial charge in [0.05, 0.1) is 5.69 Å². The number of rotatable bonds is 6. The van der Waals surface area contributed by atoms with Crippen molar-refractivity contribution in [2.45, 2.75) is 76.2 Å². The molecule has 6 rings (SSSR count). The smallest absolute Gasteiger partial charge is 0.248 e. The molecule has 2 fully saturated rings. The third-order valence-corrected chi connectivity index (χ3v) is 8.12. The molecule has 3 N–H and O–H groups in total. The molecule has 3 aliphatic rings. The maximum absolute atomic E-state index is 13.0. The molecule has 1 saturated carbocycles. The van der Waals surface area contributed by atoms with Crippen molar-refractivity contribution < 1.29 is 4.79 Å². The number of H-pyrrole nitrogens is 1. The molecule has 1 saturated heterocycles. The lowest BCUT2D eigenvalue weighted by Crippen LogP contribution is -2.40. The average molecular weight is 479 g/mol. The van der Waals surface area contributed by atoms with Gasteiger partial charge in [-0.15, -0.1) is 11.3 Å². The molecule has 4 heterocycles.